The summed E-state index contributed by atoms with van der Waals surface area (Å²) in [5, 5.41) is 15.7. The molecule has 0 saturated carbocycles. The summed E-state index contributed by atoms with van der Waals surface area (Å²) < 4.78 is 5.39. The van der Waals surface area contributed by atoms with Gasteiger partial charge in [-0.1, -0.05) is 24.3 Å². The zero-order chi connectivity index (χ0) is 16.2. The summed E-state index contributed by atoms with van der Waals surface area (Å²) in [5.74, 6) is 0.661. The molecule has 1 saturated heterocycles. The highest BCUT2D eigenvalue weighted by Crippen LogP contribution is 2.26. The first-order valence-electron chi connectivity index (χ1n) is 7.82. The predicted molar refractivity (Wildman–Crippen MR) is 98.1 cm³/mol. The minimum Gasteiger partial charge on any atom is -0.378 e. The van der Waals surface area contributed by atoms with Crippen molar-refractivity contribution < 1.29 is 4.74 Å². The van der Waals surface area contributed by atoms with Crippen molar-refractivity contribution in [2.75, 3.05) is 36.6 Å². The van der Waals surface area contributed by atoms with Crippen molar-refractivity contribution >= 4 is 39.1 Å². The maximum atomic E-state index is 5.39. The smallest absolute Gasteiger partial charge is 0.176 e. The molecular formula is C17H17N5OS. The zero-order valence-corrected chi connectivity index (χ0v) is 13.9. The average Bonchev–Trinajstić information content (AvgIpc) is 3.12. The van der Waals surface area contributed by atoms with Crippen molar-refractivity contribution in [1.29, 1.82) is 0 Å². The number of aromatic nitrogens is 2. The van der Waals surface area contributed by atoms with Gasteiger partial charge in [-0.05, 0) is 12.1 Å². The fourth-order valence-electron chi connectivity index (χ4n) is 2.63. The van der Waals surface area contributed by atoms with Crippen LogP contribution >= 0.6 is 11.3 Å². The number of fused-ring (bicyclic) bond motifs is 1. The van der Waals surface area contributed by atoms with E-state index < -0.39 is 0 Å². The Labute approximate surface area is 143 Å². The number of nitrogens with one attached hydrogen (secondary N) is 1. The third-order valence-corrected chi connectivity index (χ3v) is 4.95. The van der Waals surface area contributed by atoms with E-state index in [4.69, 9.17) is 4.74 Å². The summed E-state index contributed by atoms with van der Waals surface area (Å²) in [4.78, 5) is 3.44. The molecule has 3 heterocycles. The molecule has 2 aromatic heterocycles. The number of hydrogen-bond donors (Lipinski definition) is 1. The lowest BCUT2D eigenvalue weighted by atomic mass is 10.2. The molecule has 1 fully saturated rings. The SMILES string of the molecule is C(=NNc1nncc2ccccc12)c1ccc(N2CCOCC2)s1. The van der Waals surface area contributed by atoms with E-state index in [2.05, 4.69) is 37.8 Å². The van der Waals surface area contributed by atoms with E-state index >= 15 is 0 Å². The molecule has 3 aromatic rings. The van der Waals surface area contributed by atoms with Gasteiger partial charge in [0.15, 0.2) is 5.82 Å². The minimum absolute atomic E-state index is 0.661. The van der Waals surface area contributed by atoms with Gasteiger partial charge < -0.3 is 9.64 Å². The second-order valence-electron chi connectivity index (χ2n) is 5.43. The van der Waals surface area contributed by atoms with Crippen LogP contribution in [0.3, 0.4) is 0 Å². The Balaban J connectivity index is 1.46. The molecule has 0 spiro atoms. The molecule has 1 aromatic carbocycles. The fourth-order valence-corrected chi connectivity index (χ4v) is 3.56. The van der Waals surface area contributed by atoms with Crippen molar-refractivity contribution in [3.05, 3.63) is 47.5 Å². The number of thiophene rings is 1. The van der Waals surface area contributed by atoms with Crippen molar-refractivity contribution in [3.63, 3.8) is 0 Å². The highest BCUT2D eigenvalue weighted by molar-refractivity contribution is 7.17. The van der Waals surface area contributed by atoms with Crippen LogP contribution in [0, 0.1) is 0 Å². The van der Waals surface area contributed by atoms with E-state index in [0.29, 0.717) is 5.82 Å². The minimum atomic E-state index is 0.661. The highest BCUT2D eigenvalue weighted by Gasteiger charge is 2.12. The fraction of sp³-hybridized carbons (Fsp3) is 0.235. The Morgan fingerprint density at radius 3 is 2.96 bits per heavy atom. The monoisotopic (exact) mass is 339 g/mol. The van der Waals surface area contributed by atoms with E-state index in [9.17, 15) is 0 Å². The number of nitrogens with zero attached hydrogens (tertiary/aromatic N) is 4. The van der Waals surface area contributed by atoms with Crippen LogP contribution in [0.1, 0.15) is 4.88 Å². The molecule has 4 rings (SSSR count). The van der Waals surface area contributed by atoms with Gasteiger partial charge in [-0.3, -0.25) is 5.43 Å². The Hall–Kier alpha value is -2.51. The molecule has 0 aliphatic carbocycles. The van der Waals surface area contributed by atoms with Crippen LogP contribution in [-0.2, 0) is 4.74 Å². The summed E-state index contributed by atoms with van der Waals surface area (Å²) in [6.45, 7) is 3.48. The predicted octanol–water partition coefficient (Wildman–Crippen LogP) is 2.97. The molecule has 6 nitrogen and oxygen atoms in total. The van der Waals surface area contributed by atoms with E-state index in [-0.39, 0.29) is 0 Å². The molecule has 24 heavy (non-hydrogen) atoms. The zero-order valence-electron chi connectivity index (χ0n) is 13.1. The molecule has 0 radical (unpaired) electrons. The quantitative estimate of drug-likeness (QED) is 0.585. The summed E-state index contributed by atoms with van der Waals surface area (Å²) in [6, 6.07) is 12.2. The van der Waals surface area contributed by atoms with Gasteiger partial charge in [-0.15, -0.1) is 16.4 Å². The molecule has 0 atom stereocenters. The van der Waals surface area contributed by atoms with Crippen LogP contribution in [0.2, 0.25) is 0 Å². The normalized spacial score (nSPS) is 15.2. The molecule has 0 bridgehead atoms. The van der Waals surface area contributed by atoms with E-state index in [1.807, 2.05) is 30.5 Å². The van der Waals surface area contributed by atoms with Gasteiger partial charge in [0.2, 0.25) is 0 Å². The lowest BCUT2D eigenvalue weighted by Crippen LogP contribution is -2.35. The van der Waals surface area contributed by atoms with E-state index in [1.54, 1.807) is 17.5 Å². The molecule has 7 heteroatoms. The average molecular weight is 339 g/mol. The first-order valence-corrected chi connectivity index (χ1v) is 8.64. The number of benzene rings is 1. The van der Waals surface area contributed by atoms with Gasteiger partial charge in [0, 0.05) is 28.7 Å². The third kappa shape index (κ3) is 3.22. The number of hydrazone groups is 1. The lowest BCUT2D eigenvalue weighted by molar-refractivity contribution is 0.123. The largest absolute Gasteiger partial charge is 0.378 e. The van der Waals surface area contributed by atoms with Crippen LogP contribution in [-0.4, -0.2) is 42.7 Å². The van der Waals surface area contributed by atoms with Crippen LogP contribution in [0.4, 0.5) is 10.8 Å². The summed E-state index contributed by atoms with van der Waals surface area (Å²) >= 11 is 1.72. The first-order chi connectivity index (χ1) is 11.9. The van der Waals surface area contributed by atoms with E-state index in [1.165, 1.54) is 5.00 Å². The number of ether oxygens (including phenoxy) is 1. The van der Waals surface area contributed by atoms with Crippen LogP contribution < -0.4 is 10.3 Å². The lowest BCUT2D eigenvalue weighted by Gasteiger charge is -2.27. The number of morpholine rings is 1. The van der Waals surface area contributed by atoms with Gasteiger partial charge in [0.25, 0.3) is 0 Å². The molecule has 0 unspecified atom stereocenters. The Morgan fingerprint density at radius 2 is 2.04 bits per heavy atom. The molecule has 122 valence electrons. The van der Waals surface area contributed by atoms with Crippen molar-refractivity contribution in [2.24, 2.45) is 5.10 Å². The Morgan fingerprint density at radius 1 is 1.17 bits per heavy atom. The molecule has 1 N–H and O–H groups in total. The van der Waals surface area contributed by atoms with Crippen molar-refractivity contribution in [3.8, 4) is 0 Å². The maximum absolute atomic E-state index is 5.39. The second-order valence-corrected chi connectivity index (χ2v) is 6.52. The molecule has 1 aliphatic heterocycles. The van der Waals surface area contributed by atoms with Gasteiger partial charge in [-0.25, -0.2) is 0 Å². The summed E-state index contributed by atoms with van der Waals surface area (Å²) in [5.41, 5.74) is 2.99. The maximum Gasteiger partial charge on any atom is 0.176 e. The first kappa shape index (κ1) is 15.0. The van der Waals surface area contributed by atoms with Crippen molar-refractivity contribution in [2.45, 2.75) is 0 Å². The van der Waals surface area contributed by atoms with Crippen LogP contribution in [0.15, 0.2) is 47.7 Å². The van der Waals surface area contributed by atoms with Gasteiger partial charge >= 0.3 is 0 Å². The summed E-state index contributed by atoms with van der Waals surface area (Å²) in [6.07, 6.45) is 3.57. The molecular weight excluding hydrogens is 322 g/mol. The number of rotatable bonds is 4. The van der Waals surface area contributed by atoms with Crippen LogP contribution in [0.25, 0.3) is 10.8 Å². The van der Waals surface area contributed by atoms with Gasteiger partial charge in [-0.2, -0.15) is 10.2 Å². The van der Waals surface area contributed by atoms with Gasteiger partial charge in [0.05, 0.1) is 30.6 Å². The number of hydrogen-bond acceptors (Lipinski definition) is 7. The summed E-state index contributed by atoms with van der Waals surface area (Å²) in [7, 11) is 0. The van der Waals surface area contributed by atoms with E-state index in [0.717, 1.165) is 42.0 Å². The van der Waals surface area contributed by atoms with Crippen LogP contribution in [0.5, 0.6) is 0 Å². The third-order valence-electron chi connectivity index (χ3n) is 3.87. The topological polar surface area (TPSA) is 62.6 Å². The molecule has 1 aliphatic rings. The van der Waals surface area contributed by atoms with Crippen molar-refractivity contribution in [1.82, 2.24) is 10.2 Å². The second kappa shape index (κ2) is 6.94. The van der Waals surface area contributed by atoms with Gasteiger partial charge in [0.1, 0.15) is 0 Å². The Bertz CT molecular complexity index is 852. The standard InChI is InChI=1S/C17H17N5OS/c1-2-4-15-13(3-1)11-18-20-17(15)21-19-12-14-5-6-16(24-14)22-7-9-23-10-8-22/h1-6,11-12H,7-10H2,(H,20,21). The molecule has 0 amide bonds. The number of anilines is 2. The Kier molecular flexibility index (Phi) is 4.35. The highest BCUT2D eigenvalue weighted by atomic mass is 32.1.